The van der Waals surface area contributed by atoms with Crippen molar-refractivity contribution in [2.24, 2.45) is 0 Å². The lowest BCUT2D eigenvalue weighted by atomic mass is 10.2. The van der Waals surface area contributed by atoms with Gasteiger partial charge in [0.25, 0.3) is 0 Å². The molecule has 0 saturated heterocycles. The topological polar surface area (TPSA) is 40.5 Å². The quantitative estimate of drug-likeness (QED) is 0.435. The highest BCUT2D eigenvalue weighted by Gasteiger charge is 1.93. The first-order valence-electron chi connectivity index (χ1n) is 7.88. The van der Waals surface area contributed by atoms with E-state index >= 15 is 0 Å². The van der Waals surface area contributed by atoms with E-state index in [1.165, 1.54) is 0 Å². The van der Waals surface area contributed by atoms with Crippen LogP contribution in [0.5, 0.6) is 0 Å². The first kappa shape index (κ1) is 19.6. The molecule has 0 aliphatic heterocycles. The van der Waals surface area contributed by atoms with Gasteiger partial charge in [-0.05, 0) is 25.7 Å². The van der Waals surface area contributed by atoms with Crippen molar-refractivity contribution >= 4 is 0 Å². The second-order valence-corrected chi connectivity index (χ2v) is 4.90. The molecule has 0 amide bonds. The Labute approximate surface area is 129 Å². The van der Waals surface area contributed by atoms with Gasteiger partial charge in [0.1, 0.15) is 0 Å². The summed E-state index contributed by atoms with van der Waals surface area (Å²) in [7, 11) is 0. The third-order valence-corrected chi connectivity index (χ3v) is 2.78. The number of hydrogen-bond acceptors (Lipinski definition) is 2. The third-order valence-electron chi connectivity index (χ3n) is 2.78. The zero-order chi connectivity index (χ0) is 15.8. The highest BCUT2D eigenvalue weighted by Crippen LogP contribution is 1.99. The van der Waals surface area contributed by atoms with Crippen molar-refractivity contribution in [1.82, 2.24) is 0 Å². The Kier molecular flexibility index (Phi) is 14.0. The smallest absolute Gasteiger partial charge is 0.0758 e. The summed E-state index contributed by atoms with van der Waals surface area (Å²) < 4.78 is 0. The van der Waals surface area contributed by atoms with Gasteiger partial charge in [0, 0.05) is 0 Å². The van der Waals surface area contributed by atoms with Crippen molar-refractivity contribution in [2.45, 2.75) is 58.2 Å². The molecule has 0 aliphatic rings. The minimum atomic E-state index is -0.435. The summed E-state index contributed by atoms with van der Waals surface area (Å²) in [5.74, 6) is 0. The van der Waals surface area contributed by atoms with Gasteiger partial charge < -0.3 is 10.2 Å². The molecule has 0 aliphatic carbocycles. The van der Waals surface area contributed by atoms with Crippen molar-refractivity contribution in [3.63, 3.8) is 0 Å². The van der Waals surface area contributed by atoms with Crippen LogP contribution in [0.3, 0.4) is 0 Å². The Hall–Kier alpha value is -1.38. The van der Waals surface area contributed by atoms with Gasteiger partial charge in [0.05, 0.1) is 12.2 Å². The lowest BCUT2D eigenvalue weighted by Gasteiger charge is -1.99. The minimum absolute atomic E-state index is 0.434. The molecule has 2 atom stereocenters. The van der Waals surface area contributed by atoms with E-state index < -0.39 is 12.2 Å². The Morgan fingerprint density at radius 3 is 1.71 bits per heavy atom. The summed E-state index contributed by atoms with van der Waals surface area (Å²) >= 11 is 0. The molecule has 118 valence electrons. The predicted octanol–water partition coefficient (Wildman–Crippen LogP) is 4.48. The van der Waals surface area contributed by atoms with E-state index in [2.05, 4.69) is 19.9 Å². The molecule has 2 N–H and O–H groups in total. The maximum absolute atomic E-state index is 9.68. The maximum Gasteiger partial charge on any atom is 0.0758 e. The van der Waals surface area contributed by atoms with E-state index in [0.717, 1.165) is 19.3 Å². The number of hydrogen-bond donors (Lipinski definition) is 2. The number of aliphatic hydroxyl groups excluding tert-OH is 2. The summed E-state index contributed by atoms with van der Waals surface area (Å²) in [4.78, 5) is 0. The van der Waals surface area contributed by atoms with Gasteiger partial charge in [-0.25, -0.2) is 0 Å². The van der Waals surface area contributed by atoms with Crippen LogP contribution in [0.1, 0.15) is 46.0 Å². The highest BCUT2D eigenvalue weighted by molar-refractivity contribution is 5.13. The zero-order valence-corrected chi connectivity index (χ0v) is 13.4. The van der Waals surface area contributed by atoms with Crippen LogP contribution in [-0.2, 0) is 0 Å². The van der Waals surface area contributed by atoms with Crippen molar-refractivity contribution in [3.05, 3.63) is 60.8 Å². The summed E-state index contributed by atoms with van der Waals surface area (Å²) in [5.41, 5.74) is 0. The third kappa shape index (κ3) is 14.8. The first-order chi connectivity index (χ1) is 10.2. The van der Waals surface area contributed by atoms with Crippen molar-refractivity contribution in [3.8, 4) is 0 Å². The van der Waals surface area contributed by atoms with Gasteiger partial charge in [-0.15, -0.1) is 0 Å². The van der Waals surface area contributed by atoms with Gasteiger partial charge in [-0.1, -0.05) is 81.0 Å². The SMILES string of the molecule is CC/C=C\C[C@H](O)/C=C/C=C\C=C\[C@@H](O)C/C=C\CCC. The molecule has 0 rings (SSSR count). The standard InChI is InChI=1S/C19H30O2/c1-3-5-7-11-15-19(21)17-13-9-8-12-16-18(20)14-10-6-4-2/h6-13,16-21H,3-5,14-15H2,1-2H3/b9-8-,10-6-,11-7-,16-12+,17-13+/t18-,19-/m0/s1. The molecular formula is C19H30O2. The van der Waals surface area contributed by atoms with Crippen LogP contribution in [0.15, 0.2) is 60.8 Å². The van der Waals surface area contributed by atoms with Gasteiger partial charge in [-0.2, -0.15) is 0 Å². The van der Waals surface area contributed by atoms with Crippen molar-refractivity contribution < 1.29 is 10.2 Å². The van der Waals surface area contributed by atoms with Gasteiger partial charge in [0.15, 0.2) is 0 Å². The molecule has 0 bridgehead atoms. The number of unbranched alkanes of at least 4 members (excludes halogenated alkanes) is 1. The van der Waals surface area contributed by atoms with Gasteiger partial charge in [0.2, 0.25) is 0 Å². The minimum Gasteiger partial charge on any atom is -0.389 e. The summed E-state index contributed by atoms with van der Waals surface area (Å²) in [6.07, 6.45) is 22.7. The second-order valence-electron chi connectivity index (χ2n) is 4.90. The van der Waals surface area contributed by atoms with E-state index in [1.54, 1.807) is 12.2 Å². The number of aliphatic hydroxyl groups is 2. The van der Waals surface area contributed by atoms with E-state index in [1.807, 2.05) is 42.5 Å². The van der Waals surface area contributed by atoms with Crippen LogP contribution in [0, 0.1) is 0 Å². The largest absolute Gasteiger partial charge is 0.389 e. The molecule has 21 heavy (non-hydrogen) atoms. The molecule has 0 unspecified atom stereocenters. The summed E-state index contributed by atoms with van der Waals surface area (Å²) in [5, 5.41) is 19.3. The Balaban J connectivity index is 3.87. The Morgan fingerprint density at radius 1 is 0.714 bits per heavy atom. The molecule has 0 aromatic carbocycles. The monoisotopic (exact) mass is 290 g/mol. The fourth-order valence-electron chi connectivity index (χ4n) is 1.59. The lowest BCUT2D eigenvalue weighted by Crippen LogP contribution is -1.98. The molecule has 0 aromatic heterocycles. The average Bonchev–Trinajstić information content (AvgIpc) is 2.47. The van der Waals surface area contributed by atoms with Gasteiger partial charge in [-0.3, -0.25) is 0 Å². The van der Waals surface area contributed by atoms with Crippen LogP contribution in [0.25, 0.3) is 0 Å². The fourth-order valence-corrected chi connectivity index (χ4v) is 1.59. The van der Waals surface area contributed by atoms with Crippen molar-refractivity contribution in [2.75, 3.05) is 0 Å². The van der Waals surface area contributed by atoms with Gasteiger partial charge >= 0.3 is 0 Å². The maximum atomic E-state index is 9.68. The van der Waals surface area contributed by atoms with Crippen LogP contribution >= 0.6 is 0 Å². The molecule has 0 radical (unpaired) electrons. The van der Waals surface area contributed by atoms with Crippen LogP contribution in [-0.4, -0.2) is 22.4 Å². The second kappa shape index (κ2) is 15.0. The van der Waals surface area contributed by atoms with Crippen LogP contribution < -0.4 is 0 Å². The van der Waals surface area contributed by atoms with Crippen molar-refractivity contribution in [1.29, 1.82) is 0 Å². The molecule has 2 nitrogen and oxygen atoms in total. The fraction of sp³-hybridized carbons (Fsp3) is 0.474. The van der Waals surface area contributed by atoms with E-state index in [4.69, 9.17) is 0 Å². The number of allylic oxidation sites excluding steroid dienone is 6. The van der Waals surface area contributed by atoms with E-state index in [0.29, 0.717) is 12.8 Å². The molecule has 0 fully saturated rings. The first-order valence-corrected chi connectivity index (χ1v) is 7.88. The predicted molar refractivity (Wildman–Crippen MR) is 92.1 cm³/mol. The lowest BCUT2D eigenvalue weighted by molar-refractivity contribution is 0.226. The van der Waals surface area contributed by atoms with Crippen LogP contribution in [0.2, 0.25) is 0 Å². The highest BCUT2D eigenvalue weighted by atomic mass is 16.3. The number of rotatable bonds is 11. The molecule has 0 saturated carbocycles. The zero-order valence-electron chi connectivity index (χ0n) is 13.4. The average molecular weight is 290 g/mol. The molecule has 0 heterocycles. The summed E-state index contributed by atoms with van der Waals surface area (Å²) in [6.45, 7) is 4.21. The van der Waals surface area contributed by atoms with E-state index in [-0.39, 0.29) is 0 Å². The summed E-state index contributed by atoms with van der Waals surface area (Å²) in [6, 6.07) is 0. The normalized spacial score (nSPS) is 16.2. The Bertz CT molecular complexity index is 362. The molecule has 0 spiro atoms. The Morgan fingerprint density at radius 2 is 1.24 bits per heavy atom. The molecule has 2 heteroatoms. The van der Waals surface area contributed by atoms with Crippen LogP contribution in [0.4, 0.5) is 0 Å². The molecule has 0 aromatic rings. The van der Waals surface area contributed by atoms with E-state index in [9.17, 15) is 10.2 Å². The molecular weight excluding hydrogens is 260 g/mol.